The fourth-order valence-corrected chi connectivity index (χ4v) is 1.57. The van der Waals surface area contributed by atoms with Crippen molar-refractivity contribution in [3.8, 4) is 0 Å². The van der Waals surface area contributed by atoms with Gasteiger partial charge in [0.15, 0.2) is 0 Å². The molecule has 0 aromatic heterocycles. The Kier molecular flexibility index (Phi) is 13.0. The maximum absolute atomic E-state index is 11.1. The van der Waals surface area contributed by atoms with Crippen molar-refractivity contribution in [2.45, 2.75) is 46.0 Å². The monoisotopic (exact) mass is 249 g/mol. The van der Waals surface area contributed by atoms with Gasteiger partial charge in [-0.15, -0.1) is 0 Å². The molecule has 0 aromatic rings. The molecule has 0 unspecified atom stereocenters. The summed E-state index contributed by atoms with van der Waals surface area (Å²) in [4.78, 5) is 11.1. The molecule has 0 bridgehead atoms. The highest BCUT2D eigenvalue weighted by Crippen LogP contribution is 1.93. The van der Waals surface area contributed by atoms with Crippen LogP contribution >= 0.6 is 0 Å². The molecule has 108 valence electrons. The second-order valence-corrected chi connectivity index (χ2v) is 4.26. The minimum Gasteiger partial charge on any atom is -0.356 e. The number of likely N-dealkylation sites (N-methyl/N-ethyl adjacent to an activating group) is 1. The average Bonchev–Trinajstić information content (AvgIpc) is 2.32. The highest BCUT2D eigenvalue weighted by molar-refractivity contribution is 5.75. The molecule has 0 saturated carbocycles. The zero-order chi connectivity index (χ0) is 12.8. The zero-order valence-corrected chi connectivity index (χ0v) is 11.5. The lowest BCUT2D eigenvalue weighted by molar-refractivity contribution is -0.121. The Bertz CT molecular complexity index is 186. The van der Waals surface area contributed by atoms with E-state index in [1.807, 2.05) is 6.92 Å². The van der Waals surface area contributed by atoms with Crippen LogP contribution in [0.1, 0.15) is 50.2 Å². The molecule has 0 saturated heterocycles. The van der Waals surface area contributed by atoms with Gasteiger partial charge < -0.3 is 16.0 Å². The van der Waals surface area contributed by atoms with Gasteiger partial charge in [0, 0.05) is 30.3 Å². The molecule has 0 heterocycles. The molecule has 0 fully saturated rings. The predicted octanol–water partition coefficient (Wildman–Crippen LogP) is 2.01. The fraction of sp³-hybridized carbons (Fsp3) is 0.923. The number of amides is 1. The van der Waals surface area contributed by atoms with Crippen LogP contribution in [-0.2, 0) is 4.79 Å². The zero-order valence-electron chi connectivity index (χ0n) is 11.5. The lowest BCUT2D eigenvalue weighted by atomic mass is 10.2. The van der Waals surface area contributed by atoms with E-state index >= 15 is 0 Å². The molecule has 0 atom stereocenters. The van der Waals surface area contributed by atoms with Gasteiger partial charge in [-0.3, -0.25) is 4.79 Å². The summed E-state index contributed by atoms with van der Waals surface area (Å²) >= 11 is 0. The standard InChI is InChI=1S/C13H29N3O.3H2/c1-3-8-13(17)16-10-7-5-6-9-15-12-11-14-4-2;;;/h14-15H,3-12H2,1-2H3,(H,16,17);3*1H. The van der Waals surface area contributed by atoms with Crippen LogP contribution in [0.3, 0.4) is 0 Å². The van der Waals surface area contributed by atoms with Crippen LogP contribution in [0.2, 0.25) is 0 Å². The van der Waals surface area contributed by atoms with Gasteiger partial charge in [-0.1, -0.05) is 20.3 Å². The summed E-state index contributed by atoms with van der Waals surface area (Å²) in [6, 6.07) is 0. The van der Waals surface area contributed by atoms with Crippen LogP contribution in [0.4, 0.5) is 0 Å². The van der Waals surface area contributed by atoms with Gasteiger partial charge in [-0.25, -0.2) is 0 Å². The first kappa shape index (κ1) is 16.4. The number of unbranched alkanes of at least 4 members (excludes halogenated alkanes) is 2. The predicted molar refractivity (Wildman–Crippen MR) is 79.5 cm³/mol. The molecule has 1 amide bonds. The Labute approximate surface area is 110 Å². The van der Waals surface area contributed by atoms with Crippen molar-refractivity contribution in [3.63, 3.8) is 0 Å². The number of carbonyl (C=O) groups is 1. The van der Waals surface area contributed by atoms with E-state index in [9.17, 15) is 4.79 Å². The smallest absolute Gasteiger partial charge is 0.219 e. The molecular formula is C13H35N3O. The van der Waals surface area contributed by atoms with Crippen LogP contribution < -0.4 is 16.0 Å². The van der Waals surface area contributed by atoms with Crippen molar-refractivity contribution in [3.05, 3.63) is 0 Å². The Morgan fingerprint density at radius 2 is 1.65 bits per heavy atom. The number of hydrogen-bond donors (Lipinski definition) is 3. The highest BCUT2D eigenvalue weighted by atomic mass is 16.1. The Balaban J connectivity index is -0.000000427. The quantitative estimate of drug-likeness (QED) is 0.464. The van der Waals surface area contributed by atoms with Crippen LogP contribution in [0.5, 0.6) is 0 Å². The molecule has 0 aliphatic carbocycles. The molecule has 0 aliphatic heterocycles. The van der Waals surface area contributed by atoms with E-state index in [4.69, 9.17) is 0 Å². The summed E-state index contributed by atoms with van der Waals surface area (Å²) in [5.74, 6) is 0.191. The maximum atomic E-state index is 11.1. The van der Waals surface area contributed by atoms with E-state index in [1.165, 1.54) is 12.8 Å². The molecule has 0 radical (unpaired) electrons. The normalized spacial score (nSPS) is 10.5. The van der Waals surface area contributed by atoms with E-state index in [-0.39, 0.29) is 10.2 Å². The minimum atomic E-state index is 0. The fourth-order valence-electron chi connectivity index (χ4n) is 1.57. The molecule has 4 nitrogen and oxygen atoms in total. The van der Waals surface area contributed by atoms with Crippen molar-refractivity contribution in [2.24, 2.45) is 0 Å². The van der Waals surface area contributed by atoms with Crippen molar-refractivity contribution < 1.29 is 9.07 Å². The van der Waals surface area contributed by atoms with Crippen LogP contribution in [0.15, 0.2) is 0 Å². The number of rotatable bonds is 12. The molecule has 0 spiro atoms. The van der Waals surface area contributed by atoms with Crippen molar-refractivity contribution in [1.82, 2.24) is 16.0 Å². The van der Waals surface area contributed by atoms with Crippen molar-refractivity contribution in [2.75, 3.05) is 32.7 Å². The van der Waals surface area contributed by atoms with Gasteiger partial charge >= 0.3 is 0 Å². The number of hydrogen-bond acceptors (Lipinski definition) is 3. The largest absolute Gasteiger partial charge is 0.356 e. The van der Waals surface area contributed by atoms with E-state index in [0.717, 1.165) is 45.6 Å². The van der Waals surface area contributed by atoms with E-state index in [1.54, 1.807) is 0 Å². The second kappa shape index (κ2) is 13.5. The summed E-state index contributed by atoms with van der Waals surface area (Å²) in [7, 11) is 0. The number of carbonyl (C=O) groups excluding carboxylic acids is 1. The SMILES string of the molecule is CCCC(=O)NCCCCCNCCNCC.[HH].[HH].[HH]. The first-order valence-corrected chi connectivity index (χ1v) is 6.99. The van der Waals surface area contributed by atoms with Gasteiger partial charge in [0.05, 0.1) is 0 Å². The summed E-state index contributed by atoms with van der Waals surface area (Å²) in [6.45, 7) is 9.18. The average molecular weight is 249 g/mol. The molecule has 4 heteroatoms. The van der Waals surface area contributed by atoms with Crippen LogP contribution in [0, 0.1) is 0 Å². The minimum absolute atomic E-state index is 0. The van der Waals surface area contributed by atoms with Gasteiger partial charge in [0.25, 0.3) is 0 Å². The molecule has 0 rings (SSSR count). The molecule has 0 aromatic carbocycles. The second-order valence-electron chi connectivity index (χ2n) is 4.26. The summed E-state index contributed by atoms with van der Waals surface area (Å²) in [5.41, 5.74) is 0. The maximum Gasteiger partial charge on any atom is 0.219 e. The van der Waals surface area contributed by atoms with Gasteiger partial charge in [0.1, 0.15) is 0 Å². The third kappa shape index (κ3) is 13.3. The first-order chi connectivity index (χ1) is 8.31. The third-order valence-corrected chi connectivity index (χ3v) is 2.56. The van der Waals surface area contributed by atoms with E-state index in [0.29, 0.717) is 6.42 Å². The molecule has 3 N–H and O–H groups in total. The lowest BCUT2D eigenvalue weighted by Gasteiger charge is -2.06. The van der Waals surface area contributed by atoms with Gasteiger partial charge in [0.2, 0.25) is 5.91 Å². The summed E-state index contributed by atoms with van der Waals surface area (Å²) < 4.78 is 0. The topological polar surface area (TPSA) is 53.2 Å². The van der Waals surface area contributed by atoms with Gasteiger partial charge in [-0.05, 0) is 32.4 Å². The van der Waals surface area contributed by atoms with Crippen LogP contribution in [0.25, 0.3) is 0 Å². The van der Waals surface area contributed by atoms with E-state index in [2.05, 4.69) is 22.9 Å². The summed E-state index contributed by atoms with van der Waals surface area (Å²) in [6.07, 6.45) is 5.05. The number of nitrogens with one attached hydrogen (secondary N) is 3. The Morgan fingerprint density at radius 1 is 0.941 bits per heavy atom. The molecular weight excluding hydrogens is 214 g/mol. The molecule has 0 aliphatic rings. The van der Waals surface area contributed by atoms with Crippen molar-refractivity contribution >= 4 is 5.91 Å². The lowest BCUT2D eigenvalue weighted by Crippen LogP contribution is -2.28. The molecule has 17 heavy (non-hydrogen) atoms. The van der Waals surface area contributed by atoms with Gasteiger partial charge in [-0.2, -0.15) is 0 Å². The van der Waals surface area contributed by atoms with Crippen LogP contribution in [-0.4, -0.2) is 38.6 Å². The highest BCUT2D eigenvalue weighted by Gasteiger charge is 1.97. The van der Waals surface area contributed by atoms with Crippen molar-refractivity contribution in [1.29, 1.82) is 0 Å². The Hall–Kier alpha value is -0.610. The summed E-state index contributed by atoms with van der Waals surface area (Å²) in [5, 5.41) is 9.60. The Morgan fingerprint density at radius 3 is 2.35 bits per heavy atom. The van der Waals surface area contributed by atoms with E-state index < -0.39 is 0 Å². The first-order valence-electron chi connectivity index (χ1n) is 6.99. The third-order valence-electron chi connectivity index (χ3n) is 2.56.